The second-order valence-electron chi connectivity index (χ2n) is 8.06. The molecule has 0 radical (unpaired) electrons. The Balaban J connectivity index is 0.00000272. The summed E-state index contributed by atoms with van der Waals surface area (Å²) >= 11 is 1.68. The van der Waals surface area contributed by atoms with E-state index in [0.29, 0.717) is 12.5 Å². The standard InChI is InChI=1S/C22H31N5O2S.HI/c1-17-3-4-19(28-2)18(15-17)22(5-12-29-13-6-22)16-25-20(23)26-8-10-27(11-9-26)21-24-7-14-30-21;/h3-4,7,14-15H,5-6,8-13,16H2,1-2H3,(H2,23,25);1H. The minimum Gasteiger partial charge on any atom is -0.496 e. The van der Waals surface area contributed by atoms with Gasteiger partial charge in [0.05, 0.1) is 13.7 Å². The summed E-state index contributed by atoms with van der Waals surface area (Å²) in [7, 11) is 1.74. The average Bonchev–Trinajstić information content (AvgIpc) is 3.33. The second kappa shape index (κ2) is 10.8. The first-order valence-corrected chi connectivity index (χ1v) is 11.4. The lowest BCUT2D eigenvalue weighted by atomic mass is 9.73. The number of hydrogen-bond acceptors (Lipinski definition) is 6. The van der Waals surface area contributed by atoms with E-state index in [1.807, 2.05) is 11.6 Å². The van der Waals surface area contributed by atoms with Crippen molar-refractivity contribution < 1.29 is 9.47 Å². The van der Waals surface area contributed by atoms with Gasteiger partial charge >= 0.3 is 0 Å². The summed E-state index contributed by atoms with van der Waals surface area (Å²) < 4.78 is 11.4. The summed E-state index contributed by atoms with van der Waals surface area (Å²) in [6.07, 6.45) is 3.69. The van der Waals surface area contributed by atoms with E-state index in [-0.39, 0.29) is 29.4 Å². The van der Waals surface area contributed by atoms with Crippen LogP contribution in [0.25, 0.3) is 0 Å². The van der Waals surface area contributed by atoms with E-state index < -0.39 is 0 Å². The predicted octanol–water partition coefficient (Wildman–Crippen LogP) is 3.26. The molecule has 0 spiro atoms. The van der Waals surface area contributed by atoms with E-state index in [4.69, 9.17) is 20.2 Å². The van der Waals surface area contributed by atoms with Gasteiger partial charge in [-0.1, -0.05) is 17.7 Å². The average molecular weight is 558 g/mol. The highest BCUT2D eigenvalue weighted by atomic mass is 127. The number of ether oxygens (including phenoxy) is 2. The van der Waals surface area contributed by atoms with E-state index in [2.05, 4.69) is 39.9 Å². The molecule has 1 aromatic heterocycles. The zero-order chi connectivity index (χ0) is 21.0. The monoisotopic (exact) mass is 557 g/mol. The molecule has 0 saturated carbocycles. The summed E-state index contributed by atoms with van der Waals surface area (Å²) in [6.45, 7) is 7.78. The molecule has 2 aliphatic rings. The summed E-state index contributed by atoms with van der Waals surface area (Å²) in [5.41, 5.74) is 8.79. The van der Waals surface area contributed by atoms with Gasteiger partial charge in [-0.3, -0.25) is 4.99 Å². The SMILES string of the molecule is COc1ccc(C)cc1C1(CN=C(N)N2CCN(c3nccs3)CC2)CCOCC1.I. The largest absolute Gasteiger partial charge is 0.496 e. The minimum atomic E-state index is -0.108. The van der Waals surface area contributed by atoms with E-state index in [1.165, 1.54) is 11.1 Å². The van der Waals surface area contributed by atoms with Gasteiger partial charge in [-0.2, -0.15) is 0 Å². The number of aromatic nitrogens is 1. The molecule has 2 fully saturated rings. The van der Waals surface area contributed by atoms with Crippen LogP contribution in [0.4, 0.5) is 5.13 Å². The van der Waals surface area contributed by atoms with Crippen LogP contribution in [-0.2, 0) is 10.2 Å². The van der Waals surface area contributed by atoms with Crippen molar-refractivity contribution in [2.75, 3.05) is 57.9 Å². The molecular weight excluding hydrogens is 525 g/mol. The third-order valence-electron chi connectivity index (χ3n) is 6.21. The maximum absolute atomic E-state index is 6.45. The fourth-order valence-electron chi connectivity index (χ4n) is 4.34. The Morgan fingerprint density at radius 3 is 2.65 bits per heavy atom. The van der Waals surface area contributed by atoms with Crippen LogP contribution in [0.15, 0.2) is 34.8 Å². The van der Waals surface area contributed by atoms with Gasteiger partial charge in [0.25, 0.3) is 0 Å². The van der Waals surface area contributed by atoms with Gasteiger partial charge < -0.3 is 25.0 Å². The van der Waals surface area contributed by atoms with Gasteiger partial charge in [-0.25, -0.2) is 4.98 Å². The van der Waals surface area contributed by atoms with Crippen LogP contribution < -0.4 is 15.4 Å². The molecule has 170 valence electrons. The lowest BCUT2D eigenvalue weighted by Crippen LogP contribution is -2.51. The summed E-state index contributed by atoms with van der Waals surface area (Å²) in [5.74, 6) is 1.56. The molecule has 3 heterocycles. The third-order valence-corrected chi connectivity index (χ3v) is 7.05. The highest BCUT2D eigenvalue weighted by Gasteiger charge is 2.37. The number of methoxy groups -OCH3 is 1. The van der Waals surface area contributed by atoms with Crippen LogP contribution >= 0.6 is 35.3 Å². The first-order chi connectivity index (χ1) is 14.6. The number of anilines is 1. The number of hydrogen-bond donors (Lipinski definition) is 1. The van der Waals surface area contributed by atoms with Crippen molar-refractivity contribution >= 4 is 46.4 Å². The molecule has 0 bridgehead atoms. The topological polar surface area (TPSA) is 76.2 Å². The Bertz CT molecular complexity index is 863. The van der Waals surface area contributed by atoms with Crippen LogP contribution in [0, 0.1) is 6.92 Å². The number of benzene rings is 1. The van der Waals surface area contributed by atoms with Crippen molar-refractivity contribution in [3.05, 3.63) is 40.9 Å². The van der Waals surface area contributed by atoms with Crippen molar-refractivity contribution in [2.45, 2.75) is 25.2 Å². The van der Waals surface area contributed by atoms with Gasteiger partial charge in [-0.15, -0.1) is 35.3 Å². The number of guanidine groups is 1. The molecule has 2 N–H and O–H groups in total. The number of halogens is 1. The highest BCUT2D eigenvalue weighted by molar-refractivity contribution is 14.0. The molecule has 7 nitrogen and oxygen atoms in total. The van der Waals surface area contributed by atoms with Gasteiger partial charge in [0.1, 0.15) is 5.75 Å². The molecule has 0 unspecified atom stereocenters. The first-order valence-electron chi connectivity index (χ1n) is 10.5. The number of piperazine rings is 1. The zero-order valence-electron chi connectivity index (χ0n) is 18.2. The number of thiazole rings is 1. The van der Waals surface area contributed by atoms with Gasteiger partial charge in [0, 0.05) is 61.9 Å². The quantitative estimate of drug-likeness (QED) is 0.346. The highest BCUT2D eigenvalue weighted by Crippen LogP contribution is 2.40. The zero-order valence-corrected chi connectivity index (χ0v) is 21.4. The van der Waals surface area contributed by atoms with Crippen molar-refractivity contribution in [2.24, 2.45) is 10.7 Å². The summed E-state index contributed by atoms with van der Waals surface area (Å²) in [6, 6.07) is 6.39. The second-order valence-corrected chi connectivity index (χ2v) is 8.93. The van der Waals surface area contributed by atoms with Crippen molar-refractivity contribution in [1.29, 1.82) is 0 Å². The van der Waals surface area contributed by atoms with Crippen molar-refractivity contribution in [1.82, 2.24) is 9.88 Å². The Morgan fingerprint density at radius 2 is 2.00 bits per heavy atom. The Morgan fingerprint density at radius 1 is 1.26 bits per heavy atom. The molecule has 2 aromatic rings. The molecule has 2 saturated heterocycles. The van der Waals surface area contributed by atoms with E-state index >= 15 is 0 Å². The smallest absolute Gasteiger partial charge is 0.191 e. The summed E-state index contributed by atoms with van der Waals surface area (Å²) in [5, 5.41) is 3.10. The maximum Gasteiger partial charge on any atom is 0.191 e. The fourth-order valence-corrected chi connectivity index (χ4v) is 5.04. The van der Waals surface area contributed by atoms with Crippen LogP contribution in [0.1, 0.15) is 24.0 Å². The molecular formula is C22H32IN5O2S. The fraction of sp³-hybridized carbons (Fsp3) is 0.545. The van der Waals surface area contributed by atoms with Crippen molar-refractivity contribution in [3.8, 4) is 5.75 Å². The molecule has 9 heteroatoms. The van der Waals surface area contributed by atoms with E-state index in [1.54, 1.807) is 18.4 Å². The van der Waals surface area contributed by atoms with Crippen LogP contribution in [0.3, 0.4) is 0 Å². The van der Waals surface area contributed by atoms with Gasteiger partial charge in [-0.05, 0) is 25.8 Å². The Labute approximate surface area is 205 Å². The van der Waals surface area contributed by atoms with Crippen molar-refractivity contribution in [3.63, 3.8) is 0 Å². The van der Waals surface area contributed by atoms with Gasteiger partial charge in [0.2, 0.25) is 0 Å². The molecule has 1 aromatic carbocycles. The third kappa shape index (κ3) is 5.43. The maximum atomic E-state index is 6.45. The number of rotatable bonds is 5. The molecule has 0 atom stereocenters. The molecule has 0 aliphatic carbocycles. The molecule has 0 amide bonds. The lowest BCUT2D eigenvalue weighted by molar-refractivity contribution is 0.0522. The van der Waals surface area contributed by atoms with E-state index in [0.717, 1.165) is 63.1 Å². The number of aryl methyl sites for hydroxylation is 1. The first kappa shape index (κ1) is 24.1. The van der Waals surface area contributed by atoms with Gasteiger partial charge in [0.15, 0.2) is 11.1 Å². The number of nitrogens with two attached hydrogens (primary N) is 1. The predicted molar refractivity (Wildman–Crippen MR) is 137 cm³/mol. The molecule has 2 aliphatic heterocycles. The van der Waals surface area contributed by atoms with Crippen LogP contribution in [0.2, 0.25) is 0 Å². The van der Waals surface area contributed by atoms with E-state index in [9.17, 15) is 0 Å². The normalized spacial score (nSPS) is 19.1. The molecule has 4 rings (SSSR count). The minimum absolute atomic E-state index is 0. The van der Waals surface area contributed by atoms with Crippen LogP contribution in [-0.4, -0.2) is 68.9 Å². The van der Waals surface area contributed by atoms with Crippen LogP contribution in [0.5, 0.6) is 5.75 Å². The number of aliphatic imine (C=N–C) groups is 1. The Kier molecular flexibility index (Phi) is 8.40. The summed E-state index contributed by atoms with van der Waals surface area (Å²) in [4.78, 5) is 13.8. The number of nitrogens with zero attached hydrogens (tertiary/aromatic N) is 4. The lowest BCUT2D eigenvalue weighted by Gasteiger charge is -2.38. The Hall–Kier alpha value is -1.59. The molecule has 31 heavy (non-hydrogen) atoms.